The summed E-state index contributed by atoms with van der Waals surface area (Å²) in [7, 11) is 0. The zero-order chi connectivity index (χ0) is 20.8. The average Bonchev–Trinajstić information content (AvgIpc) is 3.02. The summed E-state index contributed by atoms with van der Waals surface area (Å²) < 4.78 is 17.2. The number of fused-ring (bicyclic) bond motifs is 1. The van der Waals surface area contributed by atoms with E-state index in [4.69, 9.17) is 25.7 Å². The first-order valence-electron chi connectivity index (χ1n) is 8.56. The minimum Gasteiger partial charge on any atom is -0.463 e. The zero-order valence-electron chi connectivity index (χ0n) is 15.9. The SMILES string of the molecule is CC(=O)OCC(COC(=O)[C@@H](N)C(C)C)OCn1cnc2c(=O)[nH]c(N)nc21. The van der Waals surface area contributed by atoms with Crippen LogP contribution in [-0.4, -0.2) is 56.8 Å². The van der Waals surface area contributed by atoms with Gasteiger partial charge >= 0.3 is 11.9 Å². The Labute approximate surface area is 160 Å². The largest absolute Gasteiger partial charge is 0.463 e. The highest BCUT2D eigenvalue weighted by Gasteiger charge is 2.22. The van der Waals surface area contributed by atoms with E-state index in [1.165, 1.54) is 17.8 Å². The third-order valence-corrected chi connectivity index (χ3v) is 3.82. The fourth-order valence-corrected chi connectivity index (χ4v) is 2.15. The maximum absolute atomic E-state index is 11.9. The highest BCUT2D eigenvalue weighted by molar-refractivity contribution is 5.75. The monoisotopic (exact) mass is 396 g/mol. The van der Waals surface area contributed by atoms with Crippen molar-refractivity contribution >= 4 is 29.1 Å². The number of esters is 2. The van der Waals surface area contributed by atoms with Gasteiger partial charge in [-0.25, -0.2) is 4.98 Å². The second-order valence-corrected chi connectivity index (χ2v) is 6.46. The van der Waals surface area contributed by atoms with Gasteiger partial charge in [0.1, 0.15) is 32.1 Å². The number of anilines is 1. The molecule has 5 N–H and O–H groups in total. The predicted octanol–water partition coefficient (Wildman–Crippen LogP) is -0.866. The summed E-state index contributed by atoms with van der Waals surface area (Å²) in [5.74, 6) is -1.24. The minimum atomic E-state index is -0.772. The molecule has 0 aliphatic rings. The van der Waals surface area contributed by atoms with Gasteiger partial charge in [0.2, 0.25) is 5.95 Å². The number of hydrogen-bond donors (Lipinski definition) is 3. The molecule has 154 valence electrons. The molecule has 0 saturated carbocycles. The molecule has 1 unspecified atom stereocenters. The Hall–Kier alpha value is -2.99. The normalized spacial score (nSPS) is 13.5. The number of carbonyl (C=O) groups excluding carboxylic acids is 2. The summed E-state index contributed by atoms with van der Waals surface area (Å²) in [5, 5.41) is 0. The summed E-state index contributed by atoms with van der Waals surface area (Å²) in [6.07, 6.45) is 0.597. The van der Waals surface area contributed by atoms with Crippen molar-refractivity contribution in [2.24, 2.45) is 11.7 Å². The van der Waals surface area contributed by atoms with Crippen LogP contribution in [0.15, 0.2) is 11.1 Å². The van der Waals surface area contributed by atoms with Gasteiger partial charge in [0.15, 0.2) is 11.2 Å². The molecule has 0 fully saturated rings. The van der Waals surface area contributed by atoms with Crippen molar-refractivity contribution < 1.29 is 23.8 Å². The van der Waals surface area contributed by atoms with Crippen molar-refractivity contribution in [1.29, 1.82) is 0 Å². The summed E-state index contributed by atoms with van der Waals surface area (Å²) in [5.41, 5.74) is 11.1. The molecule has 0 saturated heterocycles. The molecule has 0 aliphatic heterocycles. The molecule has 0 aromatic carbocycles. The van der Waals surface area contributed by atoms with E-state index in [0.717, 1.165) is 0 Å². The lowest BCUT2D eigenvalue weighted by atomic mass is 10.1. The number of H-pyrrole nitrogens is 1. The van der Waals surface area contributed by atoms with Gasteiger partial charge in [-0.2, -0.15) is 4.98 Å². The first-order chi connectivity index (χ1) is 13.2. The van der Waals surface area contributed by atoms with E-state index < -0.39 is 29.6 Å². The Morgan fingerprint density at radius 3 is 2.61 bits per heavy atom. The van der Waals surface area contributed by atoms with E-state index in [1.807, 2.05) is 0 Å². The van der Waals surface area contributed by atoms with Crippen LogP contribution in [0.25, 0.3) is 11.2 Å². The van der Waals surface area contributed by atoms with Crippen LogP contribution in [0.4, 0.5) is 5.95 Å². The summed E-state index contributed by atoms with van der Waals surface area (Å²) in [6.45, 7) is 4.44. The number of nitrogens with two attached hydrogens (primary N) is 2. The van der Waals surface area contributed by atoms with Crippen LogP contribution in [0.1, 0.15) is 20.8 Å². The third kappa shape index (κ3) is 5.50. The molecule has 0 bridgehead atoms. The first-order valence-corrected chi connectivity index (χ1v) is 8.56. The Balaban J connectivity index is 2.05. The number of hydrogen-bond acceptors (Lipinski definition) is 10. The molecule has 2 aromatic rings. The van der Waals surface area contributed by atoms with E-state index in [0.29, 0.717) is 0 Å². The number of nitrogens with one attached hydrogen (secondary N) is 1. The average molecular weight is 396 g/mol. The minimum absolute atomic E-state index is 0.0627. The third-order valence-electron chi connectivity index (χ3n) is 3.82. The van der Waals surface area contributed by atoms with Crippen molar-refractivity contribution in [3.8, 4) is 0 Å². The van der Waals surface area contributed by atoms with Gasteiger partial charge in [-0.05, 0) is 5.92 Å². The molecule has 2 heterocycles. The number of carbonyl (C=O) groups is 2. The zero-order valence-corrected chi connectivity index (χ0v) is 15.9. The van der Waals surface area contributed by atoms with E-state index in [2.05, 4.69) is 15.0 Å². The Morgan fingerprint density at radius 1 is 1.29 bits per heavy atom. The fraction of sp³-hybridized carbons (Fsp3) is 0.562. The van der Waals surface area contributed by atoms with E-state index in [-0.39, 0.29) is 43.0 Å². The van der Waals surface area contributed by atoms with Gasteiger partial charge in [-0.3, -0.25) is 23.9 Å². The summed E-state index contributed by atoms with van der Waals surface area (Å²) in [4.78, 5) is 45.1. The standard InChI is InChI=1S/C16H24N6O6/c1-8(2)11(17)15(25)27-5-10(4-26-9(3)23)28-7-22-6-19-12-13(22)20-16(18)21-14(12)24/h6,8,10-11H,4-5,7,17H2,1-3H3,(H3,18,20,21,24)/t10?,11-/m0/s1. The maximum atomic E-state index is 11.9. The molecule has 0 spiro atoms. The number of nitrogen functional groups attached to an aromatic ring is 1. The van der Waals surface area contributed by atoms with Crippen LogP contribution < -0.4 is 17.0 Å². The van der Waals surface area contributed by atoms with Crippen LogP contribution in [0.2, 0.25) is 0 Å². The molecule has 2 rings (SSSR count). The second kappa shape index (κ2) is 9.28. The maximum Gasteiger partial charge on any atom is 0.323 e. The lowest BCUT2D eigenvalue weighted by molar-refractivity contribution is -0.157. The van der Waals surface area contributed by atoms with Crippen LogP contribution in [0.3, 0.4) is 0 Å². The summed E-state index contributed by atoms with van der Waals surface area (Å²) in [6, 6.07) is -0.772. The highest BCUT2D eigenvalue weighted by atomic mass is 16.6. The lowest BCUT2D eigenvalue weighted by Gasteiger charge is -2.20. The van der Waals surface area contributed by atoms with Crippen molar-refractivity contribution in [3.05, 3.63) is 16.7 Å². The number of imidazole rings is 1. The smallest absolute Gasteiger partial charge is 0.323 e. The Morgan fingerprint density at radius 2 is 1.96 bits per heavy atom. The van der Waals surface area contributed by atoms with Gasteiger partial charge in [-0.15, -0.1) is 0 Å². The fourth-order valence-electron chi connectivity index (χ4n) is 2.15. The van der Waals surface area contributed by atoms with Crippen molar-refractivity contribution in [2.45, 2.75) is 39.6 Å². The molecule has 28 heavy (non-hydrogen) atoms. The van der Waals surface area contributed by atoms with Gasteiger partial charge in [0, 0.05) is 6.92 Å². The van der Waals surface area contributed by atoms with Crippen molar-refractivity contribution in [2.75, 3.05) is 18.9 Å². The van der Waals surface area contributed by atoms with Crippen molar-refractivity contribution in [1.82, 2.24) is 19.5 Å². The molecule has 0 radical (unpaired) electrons. The predicted molar refractivity (Wildman–Crippen MR) is 97.8 cm³/mol. The molecule has 0 amide bonds. The Bertz CT molecular complexity index is 891. The van der Waals surface area contributed by atoms with E-state index >= 15 is 0 Å². The molecule has 12 nitrogen and oxygen atoms in total. The Kier molecular flexibility index (Phi) is 7.06. The molecular formula is C16H24N6O6. The molecule has 2 atom stereocenters. The lowest BCUT2D eigenvalue weighted by Crippen LogP contribution is -2.39. The number of nitrogens with zero attached hydrogens (tertiary/aromatic N) is 3. The molecule has 2 aromatic heterocycles. The number of ether oxygens (including phenoxy) is 3. The van der Waals surface area contributed by atoms with Gasteiger partial charge in [0.25, 0.3) is 5.56 Å². The van der Waals surface area contributed by atoms with Gasteiger partial charge < -0.3 is 25.7 Å². The number of rotatable bonds is 9. The van der Waals surface area contributed by atoms with Gasteiger partial charge in [-0.1, -0.05) is 13.8 Å². The molecular weight excluding hydrogens is 372 g/mol. The van der Waals surface area contributed by atoms with E-state index in [1.54, 1.807) is 13.8 Å². The number of aromatic nitrogens is 4. The molecule has 12 heteroatoms. The highest BCUT2D eigenvalue weighted by Crippen LogP contribution is 2.09. The van der Waals surface area contributed by atoms with Crippen LogP contribution in [0, 0.1) is 5.92 Å². The van der Waals surface area contributed by atoms with Crippen LogP contribution in [-0.2, 0) is 30.5 Å². The topological polar surface area (TPSA) is 177 Å². The van der Waals surface area contributed by atoms with Crippen molar-refractivity contribution in [3.63, 3.8) is 0 Å². The molecule has 0 aliphatic carbocycles. The van der Waals surface area contributed by atoms with Crippen LogP contribution >= 0.6 is 0 Å². The first kappa shape index (κ1) is 21.3. The quantitative estimate of drug-likeness (QED) is 0.451. The van der Waals surface area contributed by atoms with Gasteiger partial charge in [0.05, 0.1) is 6.33 Å². The van der Waals surface area contributed by atoms with Crippen LogP contribution in [0.5, 0.6) is 0 Å². The second-order valence-electron chi connectivity index (χ2n) is 6.46. The van der Waals surface area contributed by atoms with E-state index in [9.17, 15) is 14.4 Å². The number of aromatic amines is 1. The summed E-state index contributed by atoms with van der Waals surface area (Å²) >= 11 is 0.